The largest absolute Gasteiger partial charge is 0.454 e. The molecule has 6 nitrogen and oxygen atoms in total. The normalized spacial score (nSPS) is 12.5. The molecule has 0 bridgehead atoms. The monoisotopic (exact) mass is 436 g/mol. The number of fused-ring (bicyclic) bond motifs is 1. The number of nitro benzene ring substituents is 1. The molecular formula is C22H13ClN2O4S. The average molecular weight is 437 g/mol. The molecule has 0 amide bonds. The standard InChI is InChI=1S/C22H13ClN2O4S/c23-17-3-5-18(6-4-17)30-22-8-1-14(10-19(22)25(26)27)9-16(12-24)15-2-7-20-21(11-15)29-13-28-20/h1-11H,13H2/b16-9+. The van der Waals surface area contributed by atoms with E-state index in [1.54, 1.807) is 60.7 Å². The summed E-state index contributed by atoms with van der Waals surface area (Å²) in [4.78, 5) is 12.5. The highest BCUT2D eigenvalue weighted by molar-refractivity contribution is 7.99. The molecule has 148 valence electrons. The lowest BCUT2D eigenvalue weighted by Crippen LogP contribution is -1.93. The lowest BCUT2D eigenvalue weighted by Gasteiger charge is -2.06. The Morgan fingerprint density at radius 2 is 1.87 bits per heavy atom. The number of hydrogen-bond donors (Lipinski definition) is 0. The molecule has 3 aromatic carbocycles. The SMILES string of the molecule is N#C/C(=C\c1ccc(Sc2ccc(Cl)cc2)c([N+](=O)[O-])c1)c1ccc2c(c1)OCO2. The third-order valence-corrected chi connectivity index (χ3v) is 5.66. The molecule has 8 heteroatoms. The molecule has 0 N–H and O–H groups in total. The molecular weight excluding hydrogens is 424 g/mol. The fourth-order valence-electron chi connectivity index (χ4n) is 2.89. The Morgan fingerprint density at radius 1 is 1.10 bits per heavy atom. The van der Waals surface area contributed by atoms with Crippen LogP contribution in [0.4, 0.5) is 5.69 Å². The van der Waals surface area contributed by atoms with Gasteiger partial charge in [-0.05, 0) is 65.7 Å². The van der Waals surface area contributed by atoms with E-state index in [0.29, 0.717) is 38.1 Å². The van der Waals surface area contributed by atoms with Gasteiger partial charge in [-0.2, -0.15) is 5.26 Å². The predicted molar refractivity (Wildman–Crippen MR) is 115 cm³/mol. The molecule has 0 atom stereocenters. The van der Waals surface area contributed by atoms with Crippen LogP contribution < -0.4 is 9.47 Å². The summed E-state index contributed by atoms with van der Waals surface area (Å²) in [5.41, 5.74) is 1.52. The molecule has 0 spiro atoms. The number of allylic oxidation sites excluding steroid dienone is 1. The zero-order chi connectivity index (χ0) is 21.1. The van der Waals surface area contributed by atoms with Crippen LogP contribution in [-0.2, 0) is 0 Å². The number of rotatable bonds is 5. The van der Waals surface area contributed by atoms with Gasteiger partial charge in [0.2, 0.25) is 6.79 Å². The topological polar surface area (TPSA) is 85.4 Å². The molecule has 0 fully saturated rings. The van der Waals surface area contributed by atoms with E-state index in [4.69, 9.17) is 21.1 Å². The lowest BCUT2D eigenvalue weighted by molar-refractivity contribution is -0.387. The smallest absolute Gasteiger partial charge is 0.283 e. The summed E-state index contributed by atoms with van der Waals surface area (Å²) in [5.74, 6) is 1.18. The van der Waals surface area contributed by atoms with Crippen LogP contribution in [0, 0.1) is 21.4 Å². The first-order chi connectivity index (χ1) is 14.5. The molecule has 0 radical (unpaired) electrons. The van der Waals surface area contributed by atoms with Crippen molar-refractivity contribution >= 4 is 40.7 Å². The van der Waals surface area contributed by atoms with Crippen molar-refractivity contribution in [3.63, 3.8) is 0 Å². The second-order valence-corrected chi connectivity index (χ2v) is 7.83. The minimum absolute atomic E-state index is 0.0355. The summed E-state index contributed by atoms with van der Waals surface area (Å²) in [7, 11) is 0. The molecule has 1 aliphatic rings. The zero-order valence-electron chi connectivity index (χ0n) is 15.4. The Morgan fingerprint density at radius 3 is 2.60 bits per heavy atom. The molecule has 0 saturated carbocycles. The Labute approximate surface area is 181 Å². The van der Waals surface area contributed by atoms with Crippen LogP contribution in [0.2, 0.25) is 5.02 Å². The van der Waals surface area contributed by atoms with E-state index in [-0.39, 0.29) is 12.5 Å². The fourth-order valence-corrected chi connectivity index (χ4v) is 3.92. The van der Waals surface area contributed by atoms with E-state index < -0.39 is 4.92 Å². The Hall–Kier alpha value is -3.47. The van der Waals surface area contributed by atoms with Gasteiger partial charge in [-0.25, -0.2) is 0 Å². The maximum Gasteiger partial charge on any atom is 0.283 e. The van der Waals surface area contributed by atoms with Crippen LogP contribution in [0.1, 0.15) is 11.1 Å². The van der Waals surface area contributed by atoms with Crippen molar-refractivity contribution in [2.75, 3.05) is 6.79 Å². The number of hydrogen-bond acceptors (Lipinski definition) is 6. The molecule has 0 saturated heterocycles. The average Bonchev–Trinajstić information content (AvgIpc) is 3.22. The van der Waals surface area contributed by atoms with E-state index in [0.717, 1.165) is 4.90 Å². The quantitative estimate of drug-likeness (QED) is 0.205. The minimum atomic E-state index is -0.428. The third kappa shape index (κ3) is 4.25. The second kappa shape index (κ2) is 8.49. The van der Waals surface area contributed by atoms with Gasteiger partial charge in [0.1, 0.15) is 0 Å². The van der Waals surface area contributed by atoms with E-state index in [2.05, 4.69) is 6.07 Å². The van der Waals surface area contributed by atoms with Crippen LogP contribution in [0.25, 0.3) is 11.6 Å². The van der Waals surface area contributed by atoms with E-state index in [9.17, 15) is 15.4 Å². The molecule has 30 heavy (non-hydrogen) atoms. The van der Waals surface area contributed by atoms with Crippen LogP contribution in [-0.4, -0.2) is 11.7 Å². The van der Waals surface area contributed by atoms with Gasteiger partial charge in [-0.3, -0.25) is 10.1 Å². The number of nitrogens with zero attached hydrogens (tertiary/aromatic N) is 2. The van der Waals surface area contributed by atoms with Crippen LogP contribution >= 0.6 is 23.4 Å². The van der Waals surface area contributed by atoms with Gasteiger partial charge in [0.25, 0.3) is 5.69 Å². The van der Waals surface area contributed by atoms with Crippen molar-refractivity contribution in [1.29, 1.82) is 5.26 Å². The van der Waals surface area contributed by atoms with E-state index >= 15 is 0 Å². The van der Waals surface area contributed by atoms with Crippen molar-refractivity contribution < 1.29 is 14.4 Å². The summed E-state index contributed by atoms with van der Waals surface area (Å²) in [5, 5.41) is 21.8. The van der Waals surface area contributed by atoms with Crippen LogP contribution in [0.3, 0.4) is 0 Å². The molecule has 4 rings (SSSR count). The number of benzene rings is 3. The molecule has 1 aliphatic heterocycles. The van der Waals surface area contributed by atoms with Crippen LogP contribution in [0.15, 0.2) is 70.5 Å². The molecule has 0 unspecified atom stereocenters. The van der Waals surface area contributed by atoms with Crippen molar-refractivity contribution in [3.05, 3.63) is 86.9 Å². The zero-order valence-corrected chi connectivity index (χ0v) is 16.9. The highest BCUT2D eigenvalue weighted by atomic mass is 35.5. The fraction of sp³-hybridized carbons (Fsp3) is 0.0455. The number of ether oxygens (including phenoxy) is 2. The van der Waals surface area contributed by atoms with Crippen molar-refractivity contribution in [2.45, 2.75) is 9.79 Å². The third-order valence-electron chi connectivity index (χ3n) is 4.34. The Kier molecular flexibility index (Phi) is 5.61. The first-order valence-corrected chi connectivity index (χ1v) is 9.96. The predicted octanol–water partition coefficient (Wildman–Crippen LogP) is 6.19. The molecule has 0 aromatic heterocycles. The summed E-state index contributed by atoms with van der Waals surface area (Å²) in [6.07, 6.45) is 1.61. The summed E-state index contributed by atoms with van der Waals surface area (Å²) in [6.45, 7) is 0.142. The highest BCUT2D eigenvalue weighted by Gasteiger charge is 2.17. The minimum Gasteiger partial charge on any atom is -0.454 e. The van der Waals surface area contributed by atoms with E-state index in [1.165, 1.54) is 17.8 Å². The lowest BCUT2D eigenvalue weighted by atomic mass is 10.0. The van der Waals surface area contributed by atoms with Gasteiger partial charge in [0.05, 0.1) is 21.5 Å². The van der Waals surface area contributed by atoms with Gasteiger partial charge in [-0.15, -0.1) is 0 Å². The Balaban J connectivity index is 1.66. The van der Waals surface area contributed by atoms with Crippen LogP contribution in [0.5, 0.6) is 11.5 Å². The highest BCUT2D eigenvalue weighted by Crippen LogP contribution is 2.37. The maximum absolute atomic E-state index is 11.6. The van der Waals surface area contributed by atoms with E-state index in [1.807, 2.05) is 0 Å². The van der Waals surface area contributed by atoms with Crippen molar-refractivity contribution in [1.82, 2.24) is 0 Å². The summed E-state index contributed by atoms with van der Waals surface area (Å²) in [6, 6.07) is 19.3. The first-order valence-electron chi connectivity index (χ1n) is 8.77. The number of halogens is 1. The number of nitro groups is 1. The Bertz CT molecular complexity index is 1200. The maximum atomic E-state index is 11.6. The van der Waals surface area contributed by atoms with Gasteiger partial charge in [0.15, 0.2) is 11.5 Å². The summed E-state index contributed by atoms with van der Waals surface area (Å²) >= 11 is 7.17. The first kappa shape index (κ1) is 19.8. The van der Waals surface area contributed by atoms with Gasteiger partial charge in [-0.1, -0.05) is 29.4 Å². The molecule has 0 aliphatic carbocycles. The van der Waals surface area contributed by atoms with Gasteiger partial charge in [0, 0.05) is 16.0 Å². The number of nitriles is 1. The molecule has 3 aromatic rings. The van der Waals surface area contributed by atoms with Crippen molar-refractivity contribution in [2.24, 2.45) is 0 Å². The molecule has 1 heterocycles. The second-order valence-electron chi connectivity index (χ2n) is 6.28. The van der Waals surface area contributed by atoms with Gasteiger partial charge < -0.3 is 9.47 Å². The van der Waals surface area contributed by atoms with Crippen molar-refractivity contribution in [3.8, 4) is 17.6 Å². The summed E-state index contributed by atoms with van der Waals surface area (Å²) < 4.78 is 10.6. The van der Waals surface area contributed by atoms with Gasteiger partial charge >= 0.3 is 0 Å².